The molecule has 0 saturated heterocycles. The smallest absolute Gasteiger partial charge is 0.338 e. The highest BCUT2D eigenvalue weighted by Crippen LogP contribution is 2.39. The third-order valence-electron chi connectivity index (χ3n) is 3.48. The van der Waals surface area contributed by atoms with Crippen LogP contribution in [0, 0.1) is 0 Å². The Morgan fingerprint density at radius 1 is 1.48 bits per heavy atom. The van der Waals surface area contributed by atoms with Crippen molar-refractivity contribution < 1.29 is 9.90 Å². The van der Waals surface area contributed by atoms with Crippen molar-refractivity contribution in [2.24, 2.45) is 10.7 Å². The van der Waals surface area contributed by atoms with Crippen LogP contribution in [-0.2, 0) is 11.3 Å². The number of hydrogen-bond donors (Lipinski definition) is 2. The van der Waals surface area contributed by atoms with Crippen LogP contribution in [0.5, 0.6) is 0 Å². The van der Waals surface area contributed by atoms with Gasteiger partial charge in [-0.05, 0) is 30.4 Å². The lowest BCUT2D eigenvalue weighted by atomic mass is 10.2. The van der Waals surface area contributed by atoms with Gasteiger partial charge in [-0.1, -0.05) is 6.07 Å². The minimum atomic E-state index is -1.09. The summed E-state index contributed by atoms with van der Waals surface area (Å²) in [7, 11) is 0. The van der Waals surface area contributed by atoms with Crippen LogP contribution in [0.3, 0.4) is 0 Å². The van der Waals surface area contributed by atoms with Gasteiger partial charge in [-0.2, -0.15) is 0 Å². The molecule has 0 aliphatic heterocycles. The maximum absolute atomic E-state index is 10.8. The van der Waals surface area contributed by atoms with Crippen molar-refractivity contribution in [3.05, 3.63) is 47.6 Å². The highest BCUT2D eigenvalue weighted by Gasteiger charge is 2.23. The van der Waals surface area contributed by atoms with Crippen molar-refractivity contribution in [1.82, 2.24) is 9.38 Å². The largest absolute Gasteiger partial charge is 0.478 e. The molecule has 21 heavy (non-hydrogen) atoms. The molecule has 0 radical (unpaired) electrons. The highest BCUT2D eigenvalue weighted by molar-refractivity contribution is 6.08. The summed E-state index contributed by atoms with van der Waals surface area (Å²) < 4.78 is 2.00. The molecule has 2 heterocycles. The number of aromatic nitrogens is 2. The molecule has 1 aliphatic carbocycles. The summed E-state index contributed by atoms with van der Waals surface area (Å²) in [5, 5.41) is 8.81. The maximum atomic E-state index is 10.8. The summed E-state index contributed by atoms with van der Waals surface area (Å²) in [6, 6.07) is 4.12. The summed E-state index contributed by atoms with van der Waals surface area (Å²) in [6.45, 7) is 0.324. The number of nitrogens with two attached hydrogens (primary N) is 1. The first-order valence-corrected chi connectivity index (χ1v) is 6.80. The molecule has 3 rings (SSSR count). The number of pyridine rings is 1. The molecule has 3 N–H and O–H groups in total. The lowest BCUT2D eigenvalue weighted by Gasteiger charge is -1.98. The molecule has 1 saturated carbocycles. The normalized spacial score (nSPS) is 15.9. The predicted molar refractivity (Wildman–Crippen MR) is 79.3 cm³/mol. The molecule has 6 nitrogen and oxygen atoms in total. The van der Waals surface area contributed by atoms with Crippen LogP contribution in [0.1, 0.15) is 30.0 Å². The van der Waals surface area contributed by atoms with E-state index < -0.39 is 5.97 Å². The molecule has 2 aromatic heterocycles. The lowest BCUT2D eigenvalue weighted by Crippen LogP contribution is -2.04. The van der Waals surface area contributed by atoms with Gasteiger partial charge in [0.05, 0.1) is 17.8 Å². The van der Waals surface area contributed by atoms with E-state index in [0.29, 0.717) is 12.5 Å². The van der Waals surface area contributed by atoms with Crippen LogP contribution >= 0.6 is 0 Å². The average Bonchev–Trinajstić information content (AvgIpc) is 3.23. The first kappa shape index (κ1) is 13.4. The summed E-state index contributed by atoms with van der Waals surface area (Å²) in [6.07, 6.45) is 8.84. The molecule has 1 aliphatic rings. The van der Waals surface area contributed by atoms with Crippen LogP contribution in [0.25, 0.3) is 5.65 Å². The van der Waals surface area contributed by atoms with Crippen LogP contribution in [0.2, 0.25) is 0 Å². The van der Waals surface area contributed by atoms with Gasteiger partial charge in [-0.25, -0.2) is 9.78 Å². The Hall–Kier alpha value is -2.63. The van der Waals surface area contributed by atoms with Gasteiger partial charge in [0.1, 0.15) is 5.65 Å². The Balaban J connectivity index is 1.75. The third kappa shape index (κ3) is 2.94. The second kappa shape index (κ2) is 5.40. The van der Waals surface area contributed by atoms with Gasteiger partial charge in [0.25, 0.3) is 0 Å². The Kier molecular flexibility index (Phi) is 3.43. The molecule has 0 amide bonds. The standard InChI is InChI=1S/C15H16N4O2/c16-5-12(15(20)21)6-17-7-13-9-19-8-11(10-1-2-10)3-4-14(19)18-13/h3-6,8-10H,1-2,7,16H2,(H,20,21)/b12-5+,17-6?. The molecule has 108 valence electrons. The van der Waals surface area contributed by atoms with E-state index in [0.717, 1.165) is 17.5 Å². The fourth-order valence-corrected chi connectivity index (χ4v) is 2.20. The predicted octanol–water partition coefficient (Wildman–Crippen LogP) is 1.71. The minimum absolute atomic E-state index is 0.0326. The fourth-order valence-electron chi connectivity index (χ4n) is 2.20. The highest BCUT2D eigenvalue weighted by atomic mass is 16.4. The topological polar surface area (TPSA) is 93.0 Å². The molecule has 2 aromatic rings. The fraction of sp³-hybridized carbons (Fsp3) is 0.267. The molecule has 0 aromatic carbocycles. The first-order valence-electron chi connectivity index (χ1n) is 6.80. The van der Waals surface area contributed by atoms with Gasteiger partial charge < -0.3 is 15.2 Å². The second-order valence-electron chi connectivity index (χ2n) is 5.13. The quantitative estimate of drug-likeness (QED) is 0.645. The molecule has 0 bridgehead atoms. The number of fused-ring (bicyclic) bond motifs is 1. The number of hydrogen-bond acceptors (Lipinski definition) is 4. The Morgan fingerprint density at radius 2 is 2.29 bits per heavy atom. The number of aliphatic carboxylic acids is 1. The Labute approximate surface area is 121 Å². The molecule has 0 atom stereocenters. The van der Waals surface area contributed by atoms with Gasteiger partial charge in [0, 0.05) is 24.8 Å². The van der Waals surface area contributed by atoms with Gasteiger partial charge in [0.15, 0.2) is 0 Å². The SMILES string of the molecule is N/C=C(\C=NCc1cn2cc(C3CC3)ccc2n1)C(=O)O. The van der Waals surface area contributed by atoms with E-state index >= 15 is 0 Å². The van der Waals surface area contributed by atoms with E-state index in [4.69, 9.17) is 10.8 Å². The van der Waals surface area contributed by atoms with E-state index in [9.17, 15) is 4.79 Å². The number of carboxylic acid groups (broad SMARTS) is 1. The Morgan fingerprint density at radius 3 is 2.95 bits per heavy atom. The molecular weight excluding hydrogens is 268 g/mol. The molecule has 6 heteroatoms. The van der Waals surface area contributed by atoms with E-state index in [2.05, 4.69) is 22.2 Å². The van der Waals surface area contributed by atoms with Gasteiger partial charge in [0.2, 0.25) is 0 Å². The summed E-state index contributed by atoms with van der Waals surface area (Å²) in [5.41, 5.74) is 8.19. The Bertz CT molecular complexity index is 741. The summed E-state index contributed by atoms with van der Waals surface area (Å²) in [5.74, 6) is -0.392. The second-order valence-corrected chi connectivity index (χ2v) is 5.13. The van der Waals surface area contributed by atoms with E-state index in [-0.39, 0.29) is 5.57 Å². The number of imidazole rings is 1. The first-order chi connectivity index (χ1) is 10.2. The number of aliphatic imine (C=N–C) groups is 1. The van der Waals surface area contributed by atoms with E-state index in [1.54, 1.807) is 0 Å². The summed E-state index contributed by atoms with van der Waals surface area (Å²) in [4.78, 5) is 19.3. The van der Waals surface area contributed by atoms with Gasteiger partial charge in [-0.3, -0.25) is 4.99 Å². The number of carbonyl (C=O) groups is 1. The van der Waals surface area contributed by atoms with Crippen LogP contribution in [0.4, 0.5) is 0 Å². The zero-order valence-electron chi connectivity index (χ0n) is 11.4. The third-order valence-corrected chi connectivity index (χ3v) is 3.48. The van der Waals surface area contributed by atoms with Crippen molar-refractivity contribution in [1.29, 1.82) is 0 Å². The molecule has 0 unspecified atom stereocenters. The van der Waals surface area contributed by atoms with Crippen molar-refractivity contribution in [3.63, 3.8) is 0 Å². The van der Waals surface area contributed by atoms with Gasteiger partial charge >= 0.3 is 5.97 Å². The van der Waals surface area contributed by atoms with Crippen molar-refractivity contribution in [2.75, 3.05) is 0 Å². The maximum Gasteiger partial charge on any atom is 0.338 e. The monoisotopic (exact) mass is 284 g/mol. The lowest BCUT2D eigenvalue weighted by molar-refractivity contribution is -0.132. The van der Waals surface area contributed by atoms with Crippen molar-refractivity contribution in [3.8, 4) is 0 Å². The number of carboxylic acids is 1. The van der Waals surface area contributed by atoms with E-state index in [1.807, 2.05) is 16.7 Å². The van der Waals surface area contributed by atoms with Crippen LogP contribution in [0.15, 0.2) is 41.3 Å². The summed E-state index contributed by atoms with van der Waals surface area (Å²) >= 11 is 0. The zero-order chi connectivity index (χ0) is 14.8. The average molecular weight is 284 g/mol. The zero-order valence-corrected chi connectivity index (χ0v) is 11.4. The number of rotatable bonds is 5. The van der Waals surface area contributed by atoms with Crippen LogP contribution < -0.4 is 5.73 Å². The molecule has 1 fully saturated rings. The van der Waals surface area contributed by atoms with Crippen molar-refractivity contribution >= 4 is 17.8 Å². The van der Waals surface area contributed by atoms with Gasteiger partial charge in [-0.15, -0.1) is 0 Å². The van der Waals surface area contributed by atoms with Crippen molar-refractivity contribution in [2.45, 2.75) is 25.3 Å². The van der Waals surface area contributed by atoms with E-state index in [1.165, 1.54) is 24.6 Å². The molecular formula is C15H16N4O2. The molecule has 0 spiro atoms. The van der Waals surface area contributed by atoms with Crippen LogP contribution in [-0.4, -0.2) is 26.7 Å². The number of nitrogens with zero attached hydrogens (tertiary/aromatic N) is 3. The minimum Gasteiger partial charge on any atom is -0.478 e.